The molecule has 0 aliphatic heterocycles. The van der Waals surface area contributed by atoms with E-state index in [0.29, 0.717) is 16.4 Å². The fourth-order valence-corrected chi connectivity index (χ4v) is 1.73. The molecule has 0 spiro atoms. The van der Waals surface area contributed by atoms with Crippen LogP contribution < -0.4 is 5.32 Å². The van der Waals surface area contributed by atoms with Crippen LogP contribution in [-0.4, -0.2) is 4.98 Å². The standard InChI is InChI=1S/C13H11ClF2N2/c1-8(12-5-3-10(16)7-17-12)18-13-6-9(15)2-4-11(13)14/h2-8,18H,1H3. The molecule has 94 valence electrons. The average Bonchev–Trinajstić information content (AvgIpc) is 2.34. The molecular formula is C13H11ClF2N2. The molecule has 0 bridgehead atoms. The zero-order chi connectivity index (χ0) is 13.1. The average molecular weight is 269 g/mol. The van der Waals surface area contributed by atoms with E-state index >= 15 is 0 Å². The van der Waals surface area contributed by atoms with Crippen LogP contribution in [0.1, 0.15) is 18.7 Å². The van der Waals surface area contributed by atoms with Gasteiger partial charge in [-0.05, 0) is 37.3 Å². The van der Waals surface area contributed by atoms with Gasteiger partial charge in [-0.2, -0.15) is 0 Å². The summed E-state index contributed by atoms with van der Waals surface area (Å²) in [4.78, 5) is 3.95. The van der Waals surface area contributed by atoms with Crippen molar-refractivity contribution in [2.45, 2.75) is 13.0 Å². The van der Waals surface area contributed by atoms with Gasteiger partial charge in [-0.1, -0.05) is 11.6 Å². The SMILES string of the molecule is CC(Nc1cc(F)ccc1Cl)c1ccc(F)cn1. The van der Waals surface area contributed by atoms with Crippen LogP contribution >= 0.6 is 11.6 Å². The predicted octanol–water partition coefficient (Wildman–Crippen LogP) is 4.19. The predicted molar refractivity (Wildman–Crippen MR) is 67.6 cm³/mol. The lowest BCUT2D eigenvalue weighted by atomic mass is 10.2. The van der Waals surface area contributed by atoms with E-state index in [1.807, 2.05) is 6.92 Å². The zero-order valence-electron chi connectivity index (χ0n) is 9.62. The topological polar surface area (TPSA) is 24.9 Å². The van der Waals surface area contributed by atoms with Crippen molar-refractivity contribution in [3.63, 3.8) is 0 Å². The number of halogens is 3. The number of rotatable bonds is 3. The maximum absolute atomic E-state index is 13.1. The maximum Gasteiger partial charge on any atom is 0.141 e. The van der Waals surface area contributed by atoms with Crippen LogP contribution in [0.5, 0.6) is 0 Å². The Morgan fingerprint density at radius 2 is 1.89 bits per heavy atom. The Morgan fingerprint density at radius 1 is 1.17 bits per heavy atom. The molecule has 0 radical (unpaired) electrons. The molecule has 18 heavy (non-hydrogen) atoms. The van der Waals surface area contributed by atoms with Gasteiger partial charge in [-0.3, -0.25) is 4.98 Å². The highest BCUT2D eigenvalue weighted by molar-refractivity contribution is 6.33. The first kappa shape index (κ1) is 12.8. The van der Waals surface area contributed by atoms with Crippen LogP contribution in [0.15, 0.2) is 36.5 Å². The molecule has 0 aliphatic carbocycles. The summed E-state index contributed by atoms with van der Waals surface area (Å²) in [5.41, 5.74) is 1.13. The van der Waals surface area contributed by atoms with Gasteiger partial charge in [0.1, 0.15) is 11.6 Å². The fraction of sp³-hybridized carbons (Fsp3) is 0.154. The van der Waals surface area contributed by atoms with E-state index in [1.54, 1.807) is 6.07 Å². The monoisotopic (exact) mass is 268 g/mol. The minimum atomic E-state index is -0.394. The highest BCUT2D eigenvalue weighted by atomic mass is 35.5. The molecule has 0 aliphatic rings. The second-order valence-corrected chi connectivity index (χ2v) is 4.30. The molecule has 1 atom stereocenters. The summed E-state index contributed by atoms with van der Waals surface area (Å²) in [5, 5.41) is 3.45. The summed E-state index contributed by atoms with van der Waals surface area (Å²) in [6.07, 6.45) is 1.14. The van der Waals surface area contributed by atoms with Crippen molar-refractivity contribution in [2.75, 3.05) is 5.32 Å². The third-order valence-corrected chi connectivity index (χ3v) is 2.82. The highest BCUT2D eigenvalue weighted by Crippen LogP contribution is 2.26. The lowest BCUT2D eigenvalue weighted by Crippen LogP contribution is -2.09. The van der Waals surface area contributed by atoms with Gasteiger partial charge in [0.2, 0.25) is 0 Å². The molecule has 1 heterocycles. The molecular weight excluding hydrogens is 258 g/mol. The van der Waals surface area contributed by atoms with E-state index in [0.717, 1.165) is 6.20 Å². The van der Waals surface area contributed by atoms with Crippen molar-refractivity contribution < 1.29 is 8.78 Å². The molecule has 0 saturated heterocycles. The summed E-state index contributed by atoms with van der Waals surface area (Å²) in [7, 11) is 0. The summed E-state index contributed by atoms with van der Waals surface area (Å²) < 4.78 is 25.8. The number of nitrogens with zero attached hydrogens (tertiary/aromatic N) is 1. The molecule has 5 heteroatoms. The number of aromatic nitrogens is 1. The fourth-order valence-electron chi connectivity index (χ4n) is 1.56. The largest absolute Gasteiger partial charge is 0.376 e. The third-order valence-electron chi connectivity index (χ3n) is 2.49. The number of nitrogens with one attached hydrogen (secondary N) is 1. The van der Waals surface area contributed by atoms with Crippen LogP contribution in [0.25, 0.3) is 0 Å². The molecule has 2 rings (SSSR count). The van der Waals surface area contributed by atoms with Crippen molar-refractivity contribution in [1.82, 2.24) is 4.98 Å². The Balaban J connectivity index is 2.18. The van der Waals surface area contributed by atoms with E-state index in [9.17, 15) is 8.78 Å². The summed E-state index contributed by atoms with van der Waals surface area (Å²) in [6, 6.07) is 6.76. The van der Waals surface area contributed by atoms with Crippen molar-refractivity contribution in [1.29, 1.82) is 0 Å². The van der Waals surface area contributed by atoms with Crippen LogP contribution in [0.3, 0.4) is 0 Å². The summed E-state index contributed by atoms with van der Waals surface area (Å²) >= 11 is 5.94. The molecule has 1 unspecified atom stereocenters. The molecule has 0 fully saturated rings. The van der Waals surface area contributed by atoms with Crippen molar-refractivity contribution in [2.24, 2.45) is 0 Å². The summed E-state index contributed by atoms with van der Waals surface area (Å²) in [5.74, 6) is -0.768. The van der Waals surface area contributed by atoms with Crippen molar-refractivity contribution >= 4 is 17.3 Å². The Morgan fingerprint density at radius 3 is 2.56 bits per heavy atom. The molecule has 1 aromatic carbocycles. The van der Waals surface area contributed by atoms with Gasteiger partial charge in [0.05, 0.1) is 28.6 Å². The van der Waals surface area contributed by atoms with Crippen LogP contribution in [0, 0.1) is 11.6 Å². The zero-order valence-corrected chi connectivity index (χ0v) is 10.4. The lowest BCUT2D eigenvalue weighted by molar-refractivity contribution is 0.617. The molecule has 0 saturated carbocycles. The van der Waals surface area contributed by atoms with Gasteiger partial charge in [0.15, 0.2) is 0 Å². The first-order chi connectivity index (χ1) is 8.56. The minimum Gasteiger partial charge on any atom is -0.376 e. The number of anilines is 1. The minimum absolute atomic E-state index is 0.204. The molecule has 2 nitrogen and oxygen atoms in total. The second kappa shape index (κ2) is 5.31. The second-order valence-electron chi connectivity index (χ2n) is 3.89. The van der Waals surface area contributed by atoms with E-state index in [1.165, 1.54) is 24.3 Å². The van der Waals surface area contributed by atoms with Gasteiger partial charge in [-0.15, -0.1) is 0 Å². The van der Waals surface area contributed by atoms with Gasteiger partial charge in [0, 0.05) is 0 Å². The van der Waals surface area contributed by atoms with E-state index in [-0.39, 0.29) is 11.9 Å². The first-order valence-corrected chi connectivity index (χ1v) is 5.77. The number of hydrogen-bond donors (Lipinski definition) is 1. The van der Waals surface area contributed by atoms with E-state index in [4.69, 9.17) is 11.6 Å². The number of pyridine rings is 1. The van der Waals surface area contributed by atoms with Gasteiger partial charge < -0.3 is 5.32 Å². The molecule has 2 aromatic rings. The first-order valence-electron chi connectivity index (χ1n) is 5.39. The third kappa shape index (κ3) is 2.96. The Hall–Kier alpha value is -1.68. The number of hydrogen-bond acceptors (Lipinski definition) is 2. The summed E-state index contributed by atoms with van der Waals surface area (Å²) in [6.45, 7) is 1.83. The number of benzene rings is 1. The van der Waals surface area contributed by atoms with Gasteiger partial charge in [0.25, 0.3) is 0 Å². The Bertz CT molecular complexity index is 543. The van der Waals surface area contributed by atoms with Gasteiger partial charge >= 0.3 is 0 Å². The smallest absolute Gasteiger partial charge is 0.141 e. The van der Waals surface area contributed by atoms with Crippen molar-refractivity contribution in [3.05, 3.63) is 58.9 Å². The van der Waals surface area contributed by atoms with Crippen LogP contribution in [0.2, 0.25) is 5.02 Å². The van der Waals surface area contributed by atoms with Crippen LogP contribution in [-0.2, 0) is 0 Å². The maximum atomic E-state index is 13.1. The Labute approximate surface area is 109 Å². The van der Waals surface area contributed by atoms with Crippen LogP contribution in [0.4, 0.5) is 14.5 Å². The highest BCUT2D eigenvalue weighted by Gasteiger charge is 2.09. The molecule has 1 N–H and O–H groups in total. The Kier molecular flexibility index (Phi) is 3.77. The normalized spacial score (nSPS) is 12.2. The van der Waals surface area contributed by atoms with E-state index in [2.05, 4.69) is 10.3 Å². The quantitative estimate of drug-likeness (QED) is 0.903. The molecule has 0 amide bonds. The van der Waals surface area contributed by atoms with Crippen molar-refractivity contribution in [3.8, 4) is 0 Å². The van der Waals surface area contributed by atoms with E-state index < -0.39 is 5.82 Å². The van der Waals surface area contributed by atoms with Gasteiger partial charge in [-0.25, -0.2) is 8.78 Å². The molecule has 1 aromatic heterocycles. The lowest BCUT2D eigenvalue weighted by Gasteiger charge is -2.15.